The van der Waals surface area contributed by atoms with E-state index in [9.17, 15) is 9.18 Å². The minimum atomic E-state index is -0.604. The van der Waals surface area contributed by atoms with E-state index in [1.807, 2.05) is 30.3 Å². The maximum absolute atomic E-state index is 13.8. The lowest BCUT2D eigenvalue weighted by Crippen LogP contribution is -2.06. The van der Waals surface area contributed by atoms with Crippen molar-refractivity contribution < 1.29 is 9.18 Å². The average Bonchev–Trinajstić information content (AvgIpc) is 3.22. The van der Waals surface area contributed by atoms with Crippen LogP contribution in [-0.4, -0.2) is 5.78 Å². The smallest absolute Gasteiger partial charge is 0.169 e. The molecule has 0 spiro atoms. The molecule has 1 nitrogen and oxygen atoms in total. The van der Waals surface area contributed by atoms with Gasteiger partial charge in [-0.25, -0.2) is 4.39 Å². The fourth-order valence-electron chi connectivity index (χ4n) is 2.45. The first-order valence-corrected chi connectivity index (χ1v) is 6.59. The van der Waals surface area contributed by atoms with Gasteiger partial charge in [-0.05, 0) is 30.0 Å². The van der Waals surface area contributed by atoms with Gasteiger partial charge in [-0.3, -0.25) is 4.79 Å². The highest BCUT2D eigenvalue weighted by Crippen LogP contribution is 2.49. The van der Waals surface area contributed by atoms with Crippen molar-refractivity contribution in [1.29, 1.82) is 0 Å². The van der Waals surface area contributed by atoms with E-state index in [1.165, 1.54) is 12.1 Å². The second kappa shape index (κ2) is 4.78. The molecule has 1 saturated carbocycles. The Morgan fingerprint density at radius 3 is 2.58 bits per heavy atom. The van der Waals surface area contributed by atoms with Gasteiger partial charge in [-0.15, -0.1) is 0 Å². The first-order chi connectivity index (χ1) is 9.18. The molecule has 0 heterocycles. The fraction of sp³-hybridized carbons (Fsp3) is 0.188. The van der Waals surface area contributed by atoms with Crippen LogP contribution in [0.25, 0.3) is 0 Å². The molecule has 3 heteroatoms. The zero-order chi connectivity index (χ0) is 13.4. The fourth-order valence-corrected chi connectivity index (χ4v) is 2.62. The molecule has 2 aromatic rings. The van der Waals surface area contributed by atoms with E-state index < -0.39 is 5.82 Å². The molecule has 0 radical (unpaired) electrons. The van der Waals surface area contributed by atoms with Crippen LogP contribution in [0, 0.1) is 11.7 Å². The van der Waals surface area contributed by atoms with Gasteiger partial charge in [0.2, 0.25) is 0 Å². The quantitative estimate of drug-likeness (QED) is 0.755. The van der Waals surface area contributed by atoms with Crippen molar-refractivity contribution in [3.63, 3.8) is 0 Å². The summed E-state index contributed by atoms with van der Waals surface area (Å²) in [4.78, 5) is 12.3. The number of rotatable bonds is 3. The van der Waals surface area contributed by atoms with Crippen LogP contribution < -0.4 is 0 Å². The number of carbonyl (C=O) groups is 1. The molecule has 2 atom stereocenters. The number of hydrogen-bond acceptors (Lipinski definition) is 1. The van der Waals surface area contributed by atoms with E-state index >= 15 is 0 Å². The van der Waals surface area contributed by atoms with E-state index in [2.05, 4.69) is 0 Å². The third-order valence-corrected chi connectivity index (χ3v) is 3.86. The van der Waals surface area contributed by atoms with Gasteiger partial charge in [0.15, 0.2) is 11.6 Å². The zero-order valence-corrected chi connectivity index (χ0v) is 10.9. The number of hydrogen-bond donors (Lipinski definition) is 0. The second-order valence-electron chi connectivity index (χ2n) is 4.83. The van der Waals surface area contributed by atoms with Crippen LogP contribution in [0.2, 0.25) is 5.02 Å². The van der Waals surface area contributed by atoms with Crippen molar-refractivity contribution in [2.45, 2.75) is 12.3 Å². The summed E-state index contributed by atoms with van der Waals surface area (Å²) in [6.45, 7) is 0. The Labute approximate surface area is 116 Å². The third-order valence-electron chi connectivity index (χ3n) is 3.57. The zero-order valence-electron chi connectivity index (χ0n) is 10.1. The van der Waals surface area contributed by atoms with Crippen molar-refractivity contribution in [2.24, 2.45) is 5.92 Å². The Morgan fingerprint density at radius 1 is 1.11 bits per heavy atom. The Kier molecular flexibility index (Phi) is 3.11. The van der Waals surface area contributed by atoms with Gasteiger partial charge in [-0.1, -0.05) is 48.0 Å². The highest BCUT2D eigenvalue weighted by atomic mass is 35.5. The summed E-state index contributed by atoms with van der Waals surface area (Å²) in [5, 5.41) is 0.00256. The monoisotopic (exact) mass is 274 g/mol. The summed E-state index contributed by atoms with van der Waals surface area (Å²) in [6, 6.07) is 14.4. The van der Waals surface area contributed by atoms with Crippen molar-refractivity contribution in [1.82, 2.24) is 0 Å². The van der Waals surface area contributed by atoms with Crippen LogP contribution in [-0.2, 0) is 0 Å². The van der Waals surface area contributed by atoms with Gasteiger partial charge in [0.25, 0.3) is 0 Å². The highest BCUT2D eigenvalue weighted by molar-refractivity contribution is 6.31. The molecule has 1 aliphatic rings. The molecule has 1 fully saturated rings. The average molecular weight is 275 g/mol. The lowest BCUT2D eigenvalue weighted by Gasteiger charge is -2.03. The number of carbonyl (C=O) groups excluding carboxylic acids is 1. The molecule has 3 rings (SSSR count). The van der Waals surface area contributed by atoms with Gasteiger partial charge < -0.3 is 0 Å². The second-order valence-corrected chi connectivity index (χ2v) is 5.23. The Morgan fingerprint density at radius 2 is 1.84 bits per heavy atom. The van der Waals surface area contributed by atoms with Gasteiger partial charge in [0.05, 0.1) is 10.6 Å². The molecule has 2 aromatic carbocycles. The molecular weight excluding hydrogens is 263 g/mol. The number of Topliss-reactive ketones (excluding diaryl/α,β-unsaturated/α-hetero) is 1. The topological polar surface area (TPSA) is 17.1 Å². The summed E-state index contributed by atoms with van der Waals surface area (Å²) in [7, 11) is 0. The summed E-state index contributed by atoms with van der Waals surface area (Å²) in [6.07, 6.45) is 0.787. The van der Waals surface area contributed by atoms with Gasteiger partial charge in [-0.2, -0.15) is 0 Å². The van der Waals surface area contributed by atoms with Crippen LogP contribution in [0.5, 0.6) is 0 Å². The van der Waals surface area contributed by atoms with Crippen LogP contribution in [0.15, 0.2) is 48.5 Å². The molecule has 96 valence electrons. The first kappa shape index (κ1) is 12.4. The predicted molar refractivity (Wildman–Crippen MR) is 73.0 cm³/mol. The minimum Gasteiger partial charge on any atom is -0.294 e. The van der Waals surface area contributed by atoms with E-state index in [4.69, 9.17) is 11.6 Å². The SMILES string of the molecule is O=C(c1cccc(Cl)c1F)C1CC1c1ccccc1. The van der Waals surface area contributed by atoms with E-state index in [-0.39, 0.29) is 28.2 Å². The first-order valence-electron chi connectivity index (χ1n) is 6.21. The molecule has 2 unspecified atom stereocenters. The molecule has 19 heavy (non-hydrogen) atoms. The van der Waals surface area contributed by atoms with Gasteiger partial charge in [0.1, 0.15) is 0 Å². The lowest BCUT2D eigenvalue weighted by molar-refractivity contribution is 0.0961. The Balaban J connectivity index is 1.82. The largest absolute Gasteiger partial charge is 0.294 e. The summed E-state index contributed by atoms with van der Waals surface area (Å²) >= 11 is 5.71. The molecule has 0 aromatic heterocycles. The van der Waals surface area contributed by atoms with Crippen LogP contribution in [0.4, 0.5) is 4.39 Å². The van der Waals surface area contributed by atoms with E-state index in [0.29, 0.717) is 0 Å². The summed E-state index contributed by atoms with van der Waals surface area (Å²) < 4.78 is 13.8. The molecular formula is C16H12ClFO. The Hall–Kier alpha value is -1.67. The van der Waals surface area contributed by atoms with Crippen molar-refractivity contribution in [2.75, 3.05) is 0 Å². The number of halogens is 2. The molecule has 1 aliphatic carbocycles. The molecule has 0 aliphatic heterocycles. The van der Waals surface area contributed by atoms with Crippen LogP contribution in [0.1, 0.15) is 28.3 Å². The molecule has 0 N–H and O–H groups in total. The van der Waals surface area contributed by atoms with Gasteiger partial charge >= 0.3 is 0 Å². The normalized spacial score (nSPS) is 21.2. The molecule has 0 amide bonds. The van der Waals surface area contributed by atoms with Crippen molar-refractivity contribution in [3.8, 4) is 0 Å². The minimum absolute atomic E-state index is 0.00256. The molecule has 0 saturated heterocycles. The van der Waals surface area contributed by atoms with E-state index in [0.717, 1.165) is 12.0 Å². The van der Waals surface area contributed by atoms with Crippen LogP contribution >= 0.6 is 11.6 Å². The molecule has 0 bridgehead atoms. The van der Waals surface area contributed by atoms with Gasteiger partial charge in [0, 0.05) is 5.92 Å². The highest BCUT2D eigenvalue weighted by Gasteiger charge is 2.44. The maximum atomic E-state index is 13.8. The third kappa shape index (κ3) is 2.28. The number of ketones is 1. The summed E-state index contributed by atoms with van der Waals surface area (Å²) in [5.41, 5.74) is 1.25. The Bertz CT molecular complexity index is 624. The predicted octanol–water partition coefficient (Wildman–Crippen LogP) is 4.47. The standard InChI is InChI=1S/C16H12ClFO/c17-14-8-4-7-11(15(14)18)16(19)13-9-12(13)10-5-2-1-3-6-10/h1-8,12-13H,9H2. The maximum Gasteiger partial charge on any atom is 0.169 e. The lowest BCUT2D eigenvalue weighted by atomic mass is 10.0. The van der Waals surface area contributed by atoms with Crippen molar-refractivity contribution in [3.05, 3.63) is 70.5 Å². The van der Waals surface area contributed by atoms with E-state index in [1.54, 1.807) is 6.07 Å². The van der Waals surface area contributed by atoms with Crippen LogP contribution in [0.3, 0.4) is 0 Å². The summed E-state index contributed by atoms with van der Waals surface area (Å²) in [5.74, 6) is -0.649. The van der Waals surface area contributed by atoms with Crippen molar-refractivity contribution >= 4 is 17.4 Å². The number of benzene rings is 2.